The maximum Gasteiger partial charge on any atom is 0.193 e. The molecular formula is C59H48N2O3. The van der Waals surface area contributed by atoms with Gasteiger partial charge in [0.15, 0.2) is 22.9 Å². The van der Waals surface area contributed by atoms with E-state index < -0.39 is 0 Å². The highest BCUT2D eigenvalue weighted by atomic mass is 16.5. The first-order valence-electron chi connectivity index (χ1n) is 21.9. The fraction of sp³-hybridized carbons (Fsp3) is 0.102. The minimum absolute atomic E-state index is 0.0864. The Morgan fingerprint density at radius 3 is 2.11 bits per heavy atom. The lowest BCUT2D eigenvalue weighted by Gasteiger charge is -2.35. The quantitative estimate of drug-likeness (QED) is 0.128. The zero-order valence-electron chi connectivity index (χ0n) is 36.6. The Bertz CT molecular complexity index is 3290. The van der Waals surface area contributed by atoms with Gasteiger partial charge in [0.1, 0.15) is 5.58 Å². The largest absolute Gasteiger partial charge is 0.454 e. The molecule has 0 radical (unpaired) electrons. The van der Waals surface area contributed by atoms with E-state index in [9.17, 15) is 4.79 Å². The summed E-state index contributed by atoms with van der Waals surface area (Å²) >= 11 is 0. The molecule has 0 amide bonds. The lowest BCUT2D eigenvalue weighted by molar-refractivity contribution is 0.103. The van der Waals surface area contributed by atoms with Crippen molar-refractivity contribution >= 4 is 50.5 Å². The molecule has 0 N–H and O–H groups in total. The van der Waals surface area contributed by atoms with Crippen LogP contribution >= 0.6 is 0 Å². The second-order valence-electron chi connectivity index (χ2n) is 16.8. The maximum atomic E-state index is 13.5. The van der Waals surface area contributed by atoms with Gasteiger partial charge in [-0.2, -0.15) is 0 Å². The molecule has 5 heteroatoms. The molecule has 2 heterocycles. The van der Waals surface area contributed by atoms with E-state index in [4.69, 9.17) is 9.15 Å². The second-order valence-corrected chi connectivity index (χ2v) is 16.8. The van der Waals surface area contributed by atoms with E-state index in [1.165, 1.54) is 0 Å². The van der Waals surface area contributed by atoms with Gasteiger partial charge in [-0.15, -0.1) is 0 Å². The summed E-state index contributed by atoms with van der Waals surface area (Å²) < 4.78 is 13.5. The third kappa shape index (κ3) is 6.60. The first-order chi connectivity index (χ1) is 31.2. The van der Waals surface area contributed by atoms with Gasteiger partial charge < -0.3 is 19.0 Å². The molecule has 0 bridgehead atoms. The fourth-order valence-electron chi connectivity index (χ4n) is 9.43. The maximum absolute atomic E-state index is 13.5. The first-order valence-corrected chi connectivity index (χ1v) is 21.9. The number of para-hydroxylation sites is 2. The van der Waals surface area contributed by atoms with E-state index in [2.05, 4.69) is 172 Å². The highest BCUT2D eigenvalue weighted by Gasteiger charge is 2.37. The Morgan fingerprint density at radius 1 is 0.703 bits per heavy atom. The van der Waals surface area contributed by atoms with E-state index in [1.54, 1.807) is 6.08 Å². The molecule has 2 aliphatic rings. The van der Waals surface area contributed by atoms with Crippen molar-refractivity contribution in [1.29, 1.82) is 0 Å². The number of carbonyl (C=O) groups is 1. The molecule has 1 aliphatic heterocycles. The van der Waals surface area contributed by atoms with Crippen molar-refractivity contribution in [1.82, 2.24) is 0 Å². The highest BCUT2D eigenvalue weighted by molar-refractivity contribution is 6.13. The zero-order chi connectivity index (χ0) is 44.1. The number of hydrogen-bond acceptors (Lipinski definition) is 5. The van der Waals surface area contributed by atoms with Crippen molar-refractivity contribution in [3.63, 3.8) is 0 Å². The standard InChI is InChI=1S/C59H48N2O3/c1-7-11-18-43(10-4)60(53-23-16-21-46-45-19-13-15-24-54(45)64-58(46)53)44-31-34-52-56(37-44)63-55-36-41(30-33-51(55)61(52)42(9-3)17-8-2)39-27-25-38(26-28-39)40-29-32-48-50(35-40)59(5,6)49-22-14-12-20-47(49)57(48)62/h8-37H,2-3,7H2,1,4-6H3/b18-11-,42-17+,43-10+. The number of ketones is 1. The molecule has 0 atom stereocenters. The van der Waals surface area contributed by atoms with Crippen LogP contribution in [0.2, 0.25) is 0 Å². The Kier molecular flexibility index (Phi) is 10.1. The number of rotatable bonds is 10. The Labute approximate surface area is 374 Å². The van der Waals surface area contributed by atoms with Crippen molar-refractivity contribution in [3.8, 4) is 33.8 Å². The number of furan rings is 1. The lowest BCUT2D eigenvalue weighted by atomic mass is 9.68. The Morgan fingerprint density at radius 2 is 1.36 bits per heavy atom. The molecule has 10 rings (SSSR count). The van der Waals surface area contributed by atoms with Crippen LogP contribution in [0, 0.1) is 0 Å². The molecular weight excluding hydrogens is 785 g/mol. The van der Waals surface area contributed by atoms with E-state index in [0.717, 1.165) is 107 Å². The summed E-state index contributed by atoms with van der Waals surface area (Å²) in [5.41, 5.74) is 14.8. The van der Waals surface area contributed by atoms with Gasteiger partial charge in [0.05, 0.1) is 22.7 Å². The predicted octanol–water partition coefficient (Wildman–Crippen LogP) is 16.3. The minimum atomic E-state index is -0.305. The van der Waals surface area contributed by atoms with Crippen LogP contribution in [-0.2, 0) is 5.41 Å². The Balaban J connectivity index is 1.04. The summed E-state index contributed by atoms with van der Waals surface area (Å²) in [6, 6.07) is 50.1. The number of allylic oxidation sites excluding steroid dienone is 6. The van der Waals surface area contributed by atoms with Gasteiger partial charge in [-0.1, -0.05) is 149 Å². The molecule has 5 nitrogen and oxygen atoms in total. The predicted molar refractivity (Wildman–Crippen MR) is 265 cm³/mol. The van der Waals surface area contributed by atoms with Crippen LogP contribution in [-0.4, -0.2) is 5.78 Å². The van der Waals surface area contributed by atoms with E-state index in [1.807, 2.05) is 54.6 Å². The van der Waals surface area contributed by atoms with Gasteiger partial charge in [0.25, 0.3) is 0 Å². The van der Waals surface area contributed by atoms with Crippen molar-refractivity contribution in [3.05, 3.63) is 229 Å². The van der Waals surface area contributed by atoms with E-state index in [-0.39, 0.29) is 11.2 Å². The molecule has 64 heavy (non-hydrogen) atoms. The van der Waals surface area contributed by atoms with Crippen LogP contribution in [0.25, 0.3) is 44.2 Å². The van der Waals surface area contributed by atoms with E-state index in [0.29, 0.717) is 11.5 Å². The molecule has 0 fully saturated rings. The number of anilines is 4. The van der Waals surface area contributed by atoms with Gasteiger partial charge in [0.2, 0.25) is 0 Å². The molecule has 1 aliphatic carbocycles. The molecule has 7 aromatic carbocycles. The average Bonchev–Trinajstić information content (AvgIpc) is 3.72. The monoisotopic (exact) mass is 832 g/mol. The van der Waals surface area contributed by atoms with Crippen molar-refractivity contribution < 1.29 is 13.9 Å². The Hall–Kier alpha value is -7.89. The van der Waals surface area contributed by atoms with Gasteiger partial charge in [-0.25, -0.2) is 0 Å². The van der Waals surface area contributed by atoms with Gasteiger partial charge in [0, 0.05) is 44.8 Å². The summed E-state index contributed by atoms with van der Waals surface area (Å²) in [4.78, 5) is 18.0. The number of hydrogen-bond donors (Lipinski definition) is 0. The average molecular weight is 833 g/mol. The van der Waals surface area contributed by atoms with Crippen LogP contribution in [0.15, 0.2) is 211 Å². The van der Waals surface area contributed by atoms with Crippen LogP contribution < -0.4 is 14.5 Å². The number of nitrogens with zero attached hydrogens (tertiary/aromatic N) is 2. The molecule has 8 aromatic rings. The molecule has 0 saturated heterocycles. The number of ether oxygens (including phenoxy) is 1. The van der Waals surface area contributed by atoms with Crippen LogP contribution in [0.5, 0.6) is 11.5 Å². The van der Waals surface area contributed by atoms with Crippen molar-refractivity contribution in [2.45, 2.75) is 39.5 Å². The van der Waals surface area contributed by atoms with Crippen molar-refractivity contribution in [2.75, 3.05) is 9.80 Å². The molecule has 1 aromatic heterocycles. The van der Waals surface area contributed by atoms with Gasteiger partial charge >= 0.3 is 0 Å². The number of carbonyl (C=O) groups excluding carboxylic acids is 1. The second kappa shape index (κ2) is 16.1. The van der Waals surface area contributed by atoms with Gasteiger partial charge in [-0.3, -0.25) is 4.79 Å². The topological polar surface area (TPSA) is 45.9 Å². The third-order valence-electron chi connectivity index (χ3n) is 12.7. The van der Waals surface area contributed by atoms with Crippen molar-refractivity contribution in [2.24, 2.45) is 0 Å². The molecule has 312 valence electrons. The molecule has 0 spiro atoms. The van der Waals surface area contributed by atoms with Crippen LogP contribution in [0.4, 0.5) is 22.7 Å². The van der Waals surface area contributed by atoms with E-state index >= 15 is 0 Å². The smallest absolute Gasteiger partial charge is 0.193 e. The molecule has 0 unspecified atom stereocenters. The van der Waals surface area contributed by atoms with Gasteiger partial charge in [-0.05, 0) is 107 Å². The number of benzene rings is 7. The summed E-state index contributed by atoms with van der Waals surface area (Å²) in [6.07, 6.45) is 13.0. The summed E-state index contributed by atoms with van der Waals surface area (Å²) in [5.74, 6) is 1.50. The minimum Gasteiger partial charge on any atom is -0.454 e. The first kappa shape index (κ1) is 40.2. The lowest BCUT2D eigenvalue weighted by Crippen LogP contribution is -2.30. The van der Waals surface area contributed by atoms with Crippen LogP contribution in [0.1, 0.15) is 61.2 Å². The summed E-state index contributed by atoms with van der Waals surface area (Å²) in [6.45, 7) is 16.8. The van der Waals surface area contributed by atoms with Crippen LogP contribution in [0.3, 0.4) is 0 Å². The fourth-order valence-corrected chi connectivity index (χ4v) is 9.43. The third-order valence-corrected chi connectivity index (χ3v) is 12.7. The molecule has 0 saturated carbocycles. The SMILES string of the molecule is C=C/C=C(\C=C)N1c2ccc(-c3ccc(-c4ccc5c(c4)C(C)(C)c4ccccc4C5=O)cc3)cc2Oc2cc(N(C(/C=C\CC)=C/C)c3cccc4c3oc3ccccc34)ccc21. The normalized spacial score (nSPS) is 14.2. The highest BCUT2D eigenvalue weighted by Crippen LogP contribution is 2.52. The zero-order valence-corrected chi connectivity index (χ0v) is 36.6. The summed E-state index contributed by atoms with van der Waals surface area (Å²) in [7, 11) is 0. The number of fused-ring (bicyclic) bond motifs is 7. The summed E-state index contributed by atoms with van der Waals surface area (Å²) in [5, 5.41) is 2.14.